The molecule has 2 fully saturated rings. The molecule has 25 heavy (non-hydrogen) atoms. The summed E-state index contributed by atoms with van der Waals surface area (Å²) in [7, 11) is 2.13. The number of piperazine rings is 1. The minimum Gasteiger partial charge on any atom is -0.494 e. The Bertz CT molecular complexity index is 532. The van der Waals surface area contributed by atoms with Crippen LogP contribution in [0.4, 0.5) is 0 Å². The summed E-state index contributed by atoms with van der Waals surface area (Å²) in [5.41, 5.74) is 0.780. The summed E-state index contributed by atoms with van der Waals surface area (Å²) in [5.74, 6) is 1.79. The van der Waals surface area contributed by atoms with Gasteiger partial charge in [-0.1, -0.05) is 0 Å². The van der Waals surface area contributed by atoms with Crippen molar-refractivity contribution in [3.63, 3.8) is 0 Å². The highest BCUT2D eigenvalue weighted by Gasteiger charge is 2.17. The van der Waals surface area contributed by atoms with Gasteiger partial charge in [-0.3, -0.25) is 9.69 Å². The molecular formula is C20H31N3O2. The topological polar surface area (TPSA) is 44.8 Å². The van der Waals surface area contributed by atoms with Crippen molar-refractivity contribution >= 4 is 5.78 Å². The predicted octanol–water partition coefficient (Wildman–Crippen LogP) is 1.89. The number of hydrogen-bond donors (Lipinski definition) is 1. The molecule has 5 nitrogen and oxygen atoms in total. The number of piperidine rings is 1. The number of carbonyl (C=O) groups excluding carboxylic acids is 1. The number of benzene rings is 1. The fourth-order valence-electron chi connectivity index (χ4n) is 3.55. The van der Waals surface area contributed by atoms with Gasteiger partial charge in [-0.2, -0.15) is 0 Å². The number of ketones is 1. The van der Waals surface area contributed by atoms with Crippen molar-refractivity contribution in [1.29, 1.82) is 0 Å². The van der Waals surface area contributed by atoms with E-state index < -0.39 is 0 Å². The van der Waals surface area contributed by atoms with Gasteiger partial charge in [-0.15, -0.1) is 0 Å². The Hall–Kier alpha value is -1.43. The predicted molar refractivity (Wildman–Crippen MR) is 100 cm³/mol. The van der Waals surface area contributed by atoms with Gasteiger partial charge in [0.2, 0.25) is 0 Å². The van der Waals surface area contributed by atoms with Crippen LogP contribution in [0.2, 0.25) is 0 Å². The smallest absolute Gasteiger partial charge is 0.176 e. The molecule has 0 aromatic heterocycles. The number of carbonyl (C=O) groups is 1. The van der Waals surface area contributed by atoms with Gasteiger partial charge in [0.05, 0.1) is 13.2 Å². The van der Waals surface area contributed by atoms with Crippen LogP contribution in [0.1, 0.15) is 29.6 Å². The molecule has 1 atom stereocenters. The average Bonchev–Trinajstić information content (AvgIpc) is 2.65. The molecule has 0 radical (unpaired) electrons. The van der Waals surface area contributed by atoms with Crippen LogP contribution >= 0.6 is 0 Å². The molecule has 2 aliphatic heterocycles. The first-order valence-corrected chi connectivity index (χ1v) is 9.58. The molecule has 1 N–H and O–H groups in total. The number of nitrogens with one attached hydrogen (secondary N) is 1. The third kappa shape index (κ3) is 5.80. The number of likely N-dealkylation sites (N-methyl/N-ethyl adjacent to an activating group) is 1. The summed E-state index contributed by atoms with van der Waals surface area (Å²) in [5, 5.41) is 3.44. The third-order valence-corrected chi connectivity index (χ3v) is 5.33. The Balaban J connectivity index is 1.40. The van der Waals surface area contributed by atoms with E-state index in [9.17, 15) is 4.79 Å². The van der Waals surface area contributed by atoms with E-state index >= 15 is 0 Å². The third-order valence-electron chi connectivity index (χ3n) is 5.33. The molecule has 2 heterocycles. The zero-order chi connectivity index (χ0) is 17.5. The SMILES string of the molecule is CN1CCN(CC(=O)c2ccc(OCCC3CCCNC3)cc2)CC1. The summed E-state index contributed by atoms with van der Waals surface area (Å²) >= 11 is 0. The van der Waals surface area contributed by atoms with E-state index in [1.54, 1.807) is 0 Å². The lowest BCUT2D eigenvalue weighted by molar-refractivity contribution is 0.0876. The highest BCUT2D eigenvalue weighted by Crippen LogP contribution is 2.17. The maximum atomic E-state index is 12.4. The van der Waals surface area contributed by atoms with Crippen LogP contribution in [-0.2, 0) is 0 Å². The monoisotopic (exact) mass is 345 g/mol. The van der Waals surface area contributed by atoms with Crippen LogP contribution in [-0.4, -0.2) is 75.1 Å². The number of nitrogens with zero attached hydrogens (tertiary/aromatic N) is 2. The molecular weight excluding hydrogens is 314 g/mol. The second-order valence-corrected chi connectivity index (χ2v) is 7.38. The van der Waals surface area contributed by atoms with E-state index in [1.165, 1.54) is 12.8 Å². The van der Waals surface area contributed by atoms with Gasteiger partial charge in [0.25, 0.3) is 0 Å². The lowest BCUT2D eigenvalue weighted by Gasteiger charge is -2.31. The van der Waals surface area contributed by atoms with Crippen molar-refractivity contribution in [2.75, 3.05) is 59.5 Å². The fraction of sp³-hybridized carbons (Fsp3) is 0.650. The highest BCUT2D eigenvalue weighted by molar-refractivity contribution is 5.97. The maximum absolute atomic E-state index is 12.4. The van der Waals surface area contributed by atoms with E-state index in [0.717, 1.165) is 69.5 Å². The van der Waals surface area contributed by atoms with Gasteiger partial charge in [-0.25, -0.2) is 0 Å². The van der Waals surface area contributed by atoms with Gasteiger partial charge in [0.15, 0.2) is 5.78 Å². The molecule has 0 spiro atoms. The first-order valence-electron chi connectivity index (χ1n) is 9.58. The lowest BCUT2D eigenvalue weighted by Crippen LogP contribution is -2.46. The van der Waals surface area contributed by atoms with Crippen molar-refractivity contribution in [1.82, 2.24) is 15.1 Å². The molecule has 0 saturated carbocycles. The molecule has 5 heteroatoms. The molecule has 138 valence electrons. The van der Waals surface area contributed by atoms with E-state index in [2.05, 4.69) is 22.2 Å². The van der Waals surface area contributed by atoms with Crippen LogP contribution < -0.4 is 10.1 Å². The fourth-order valence-corrected chi connectivity index (χ4v) is 3.55. The number of ether oxygens (including phenoxy) is 1. The van der Waals surface area contributed by atoms with Gasteiger partial charge in [0.1, 0.15) is 5.75 Å². The molecule has 2 saturated heterocycles. The molecule has 0 aliphatic carbocycles. The quantitative estimate of drug-likeness (QED) is 0.765. The van der Waals surface area contributed by atoms with Gasteiger partial charge >= 0.3 is 0 Å². The van der Waals surface area contributed by atoms with Crippen molar-refractivity contribution in [3.8, 4) is 5.75 Å². The second-order valence-electron chi connectivity index (χ2n) is 7.38. The number of Topliss-reactive ketones (excluding diaryl/α,β-unsaturated/α-hetero) is 1. The molecule has 1 aromatic carbocycles. The Kier molecular flexibility index (Phi) is 6.84. The molecule has 1 unspecified atom stereocenters. The zero-order valence-electron chi connectivity index (χ0n) is 15.4. The first kappa shape index (κ1) is 18.4. The summed E-state index contributed by atoms with van der Waals surface area (Å²) in [6.45, 7) is 7.56. The van der Waals surface area contributed by atoms with E-state index in [-0.39, 0.29) is 5.78 Å². The van der Waals surface area contributed by atoms with Crippen LogP contribution in [0.3, 0.4) is 0 Å². The summed E-state index contributed by atoms with van der Waals surface area (Å²) in [4.78, 5) is 17.0. The van der Waals surface area contributed by atoms with Crippen molar-refractivity contribution in [2.45, 2.75) is 19.3 Å². The van der Waals surface area contributed by atoms with Gasteiger partial charge < -0.3 is 15.0 Å². The normalized spacial score (nSPS) is 22.7. The van der Waals surface area contributed by atoms with E-state index in [4.69, 9.17) is 4.74 Å². The van der Waals surface area contributed by atoms with Crippen LogP contribution in [0.5, 0.6) is 5.75 Å². The minimum absolute atomic E-state index is 0.199. The summed E-state index contributed by atoms with van der Waals surface area (Å²) in [6.07, 6.45) is 3.67. The Morgan fingerprint density at radius 2 is 1.96 bits per heavy atom. The van der Waals surface area contributed by atoms with Gasteiger partial charge in [0, 0.05) is 31.7 Å². The Morgan fingerprint density at radius 3 is 2.64 bits per heavy atom. The second kappa shape index (κ2) is 9.32. The largest absolute Gasteiger partial charge is 0.494 e. The van der Waals surface area contributed by atoms with Crippen molar-refractivity contribution < 1.29 is 9.53 Å². The van der Waals surface area contributed by atoms with E-state index in [0.29, 0.717) is 6.54 Å². The Morgan fingerprint density at radius 1 is 1.20 bits per heavy atom. The summed E-state index contributed by atoms with van der Waals surface area (Å²) < 4.78 is 5.85. The standard InChI is InChI=1S/C20H31N3O2/c1-22-10-12-23(13-11-22)16-20(24)18-4-6-19(7-5-18)25-14-8-17-3-2-9-21-15-17/h4-7,17,21H,2-3,8-16H2,1H3. The van der Waals surface area contributed by atoms with Crippen molar-refractivity contribution in [2.24, 2.45) is 5.92 Å². The average molecular weight is 345 g/mol. The highest BCUT2D eigenvalue weighted by atomic mass is 16.5. The number of rotatable bonds is 7. The number of hydrogen-bond acceptors (Lipinski definition) is 5. The Labute approximate surface area is 151 Å². The minimum atomic E-state index is 0.199. The van der Waals surface area contributed by atoms with Crippen LogP contribution in [0, 0.1) is 5.92 Å². The first-order chi connectivity index (χ1) is 12.2. The molecule has 0 amide bonds. The van der Waals surface area contributed by atoms with Gasteiger partial charge in [-0.05, 0) is 69.6 Å². The van der Waals surface area contributed by atoms with Crippen molar-refractivity contribution in [3.05, 3.63) is 29.8 Å². The molecule has 1 aromatic rings. The summed E-state index contributed by atoms with van der Waals surface area (Å²) in [6, 6.07) is 7.65. The van der Waals surface area contributed by atoms with Crippen LogP contribution in [0.15, 0.2) is 24.3 Å². The van der Waals surface area contributed by atoms with E-state index in [1.807, 2.05) is 24.3 Å². The lowest BCUT2D eigenvalue weighted by atomic mass is 9.97. The molecule has 3 rings (SSSR count). The van der Waals surface area contributed by atoms with Crippen LogP contribution in [0.25, 0.3) is 0 Å². The molecule has 2 aliphatic rings. The molecule has 0 bridgehead atoms. The zero-order valence-corrected chi connectivity index (χ0v) is 15.4. The maximum Gasteiger partial charge on any atom is 0.176 e.